The van der Waals surface area contributed by atoms with E-state index in [1.54, 1.807) is 4.80 Å². The fraction of sp³-hybridized carbons (Fsp3) is 0.471. The van der Waals surface area contributed by atoms with Crippen LogP contribution < -0.4 is 0 Å². The number of carbonyl (C=O) groups is 1. The highest BCUT2D eigenvalue weighted by Crippen LogP contribution is 2.17. The van der Waals surface area contributed by atoms with Crippen molar-refractivity contribution in [2.45, 2.75) is 33.7 Å². The number of carbonyl (C=O) groups excluding carboxylic acids is 1. The molecule has 1 aliphatic heterocycles. The number of morpholine rings is 1. The molecule has 6 nitrogen and oxygen atoms in total. The highest BCUT2D eigenvalue weighted by Gasteiger charge is 2.28. The highest BCUT2D eigenvalue weighted by molar-refractivity contribution is 5.93. The van der Waals surface area contributed by atoms with Gasteiger partial charge < -0.3 is 9.64 Å². The Balaban J connectivity index is 1.93. The smallest absolute Gasteiger partial charge is 0.276 e. The molecular weight excluding hydrogens is 292 g/mol. The number of hydrogen-bond donors (Lipinski definition) is 0. The van der Waals surface area contributed by atoms with Crippen LogP contribution in [0.5, 0.6) is 0 Å². The van der Waals surface area contributed by atoms with E-state index in [4.69, 9.17) is 4.74 Å². The average Bonchev–Trinajstić information content (AvgIpc) is 2.88. The monoisotopic (exact) mass is 314 g/mol. The maximum Gasteiger partial charge on any atom is 0.276 e. The van der Waals surface area contributed by atoms with Gasteiger partial charge in [-0.2, -0.15) is 9.90 Å². The van der Waals surface area contributed by atoms with Crippen molar-refractivity contribution in [2.75, 3.05) is 19.8 Å². The fourth-order valence-corrected chi connectivity index (χ4v) is 2.88. The Kier molecular flexibility index (Phi) is 4.17. The summed E-state index contributed by atoms with van der Waals surface area (Å²) in [6.45, 7) is 9.61. The molecule has 3 rings (SSSR count). The standard InChI is InChI=1S/C17H22N4O2/c1-11-5-6-15(12(2)9-11)21-18-14(4)16(19-21)17(22)20-7-8-23-10-13(20)3/h5-6,9,13H,7-8,10H2,1-4H3/t13-/m0/s1. The normalized spacial score (nSPS) is 18.3. The summed E-state index contributed by atoms with van der Waals surface area (Å²) < 4.78 is 5.39. The van der Waals surface area contributed by atoms with Crippen molar-refractivity contribution >= 4 is 5.91 Å². The largest absolute Gasteiger partial charge is 0.377 e. The van der Waals surface area contributed by atoms with Crippen molar-refractivity contribution in [3.8, 4) is 5.69 Å². The molecule has 1 fully saturated rings. The number of aryl methyl sites for hydroxylation is 3. The van der Waals surface area contributed by atoms with Crippen LogP contribution in [0.1, 0.15) is 34.2 Å². The number of rotatable bonds is 2. The lowest BCUT2D eigenvalue weighted by molar-refractivity contribution is 0.00320. The van der Waals surface area contributed by atoms with Gasteiger partial charge in [-0.3, -0.25) is 4.79 Å². The maximum atomic E-state index is 12.8. The van der Waals surface area contributed by atoms with E-state index in [-0.39, 0.29) is 11.9 Å². The molecular formula is C17H22N4O2. The van der Waals surface area contributed by atoms with E-state index in [1.807, 2.05) is 44.7 Å². The summed E-state index contributed by atoms with van der Waals surface area (Å²) in [7, 11) is 0. The van der Waals surface area contributed by atoms with Crippen LogP contribution in [0.4, 0.5) is 0 Å². The Morgan fingerprint density at radius 1 is 1.26 bits per heavy atom. The van der Waals surface area contributed by atoms with Crippen molar-refractivity contribution in [3.63, 3.8) is 0 Å². The highest BCUT2D eigenvalue weighted by atomic mass is 16.5. The van der Waals surface area contributed by atoms with Crippen LogP contribution in [0.3, 0.4) is 0 Å². The van der Waals surface area contributed by atoms with E-state index in [0.717, 1.165) is 11.3 Å². The van der Waals surface area contributed by atoms with Gasteiger partial charge in [0.05, 0.1) is 30.6 Å². The molecule has 23 heavy (non-hydrogen) atoms. The summed E-state index contributed by atoms with van der Waals surface area (Å²) in [6.07, 6.45) is 0. The molecule has 0 aliphatic carbocycles. The Morgan fingerprint density at radius 2 is 2.04 bits per heavy atom. The third kappa shape index (κ3) is 2.99. The van der Waals surface area contributed by atoms with Crippen molar-refractivity contribution in [1.82, 2.24) is 19.9 Å². The average molecular weight is 314 g/mol. The van der Waals surface area contributed by atoms with E-state index >= 15 is 0 Å². The summed E-state index contributed by atoms with van der Waals surface area (Å²) in [5, 5.41) is 8.89. The van der Waals surface area contributed by atoms with Crippen molar-refractivity contribution in [3.05, 3.63) is 40.7 Å². The minimum atomic E-state index is -0.0747. The molecule has 6 heteroatoms. The zero-order valence-electron chi connectivity index (χ0n) is 14.0. The molecule has 1 aromatic heterocycles. The molecule has 2 aromatic rings. The maximum absolute atomic E-state index is 12.8. The molecule has 0 unspecified atom stereocenters. The number of amides is 1. The van der Waals surface area contributed by atoms with Crippen LogP contribution in [0.25, 0.3) is 5.69 Å². The van der Waals surface area contributed by atoms with Crippen LogP contribution in [0.2, 0.25) is 0 Å². The molecule has 122 valence electrons. The number of benzene rings is 1. The fourth-order valence-electron chi connectivity index (χ4n) is 2.88. The lowest BCUT2D eigenvalue weighted by Crippen LogP contribution is -2.47. The van der Waals surface area contributed by atoms with Crippen LogP contribution >= 0.6 is 0 Å². The first-order chi connectivity index (χ1) is 11.0. The van der Waals surface area contributed by atoms with Crippen LogP contribution in [-0.2, 0) is 4.74 Å². The van der Waals surface area contributed by atoms with Crippen molar-refractivity contribution in [1.29, 1.82) is 0 Å². The molecule has 1 atom stereocenters. The molecule has 0 bridgehead atoms. The van der Waals surface area contributed by atoms with E-state index in [1.165, 1.54) is 5.56 Å². The molecule has 0 spiro atoms. The molecule has 1 aliphatic rings. The zero-order valence-corrected chi connectivity index (χ0v) is 14.0. The first kappa shape index (κ1) is 15.7. The first-order valence-corrected chi connectivity index (χ1v) is 7.87. The summed E-state index contributed by atoms with van der Waals surface area (Å²) in [5.74, 6) is -0.0747. The second-order valence-electron chi connectivity index (χ2n) is 6.14. The predicted molar refractivity (Wildman–Crippen MR) is 86.9 cm³/mol. The molecule has 0 N–H and O–H groups in total. The number of hydrogen-bond acceptors (Lipinski definition) is 4. The van der Waals surface area contributed by atoms with Gasteiger partial charge in [-0.1, -0.05) is 17.7 Å². The van der Waals surface area contributed by atoms with E-state index in [2.05, 4.69) is 16.3 Å². The van der Waals surface area contributed by atoms with Gasteiger partial charge in [0.2, 0.25) is 0 Å². The van der Waals surface area contributed by atoms with Crippen molar-refractivity contribution in [2.24, 2.45) is 0 Å². The van der Waals surface area contributed by atoms with Gasteiger partial charge in [-0.25, -0.2) is 0 Å². The number of aromatic nitrogens is 3. The van der Waals surface area contributed by atoms with Gasteiger partial charge in [0.15, 0.2) is 5.69 Å². The predicted octanol–water partition coefficient (Wildman–Crippen LogP) is 2.05. The van der Waals surface area contributed by atoms with Crippen LogP contribution in [-0.4, -0.2) is 51.6 Å². The second-order valence-corrected chi connectivity index (χ2v) is 6.14. The lowest BCUT2D eigenvalue weighted by Gasteiger charge is -2.32. The quantitative estimate of drug-likeness (QED) is 0.851. The van der Waals surface area contributed by atoms with Gasteiger partial charge in [-0.05, 0) is 39.3 Å². The topological polar surface area (TPSA) is 60.2 Å². The van der Waals surface area contributed by atoms with Gasteiger partial charge in [0.1, 0.15) is 0 Å². The van der Waals surface area contributed by atoms with Crippen LogP contribution in [0.15, 0.2) is 18.2 Å². The molecule has 0 radical (unpaired) electrons. The summed E-state index contributed by atoms with van der Waals surface area (Å²) in [4.78, 5) is 16.1. The Labute approximate surface area is 136 Å². The van der Waals surface area contributed by atoms with Gasteiger partial charge in [0.25, 0.3) is 5.91 Å². The Bertz CT molecular complexity index is 738. The summed E-state index contributed by atoms with van der Waals surface area (Å²) in [5.41, 5.74) is 4.23. The van der Waals surface area contributed by atoms with Gasteiger partial charge >= 0.3 is 0 Å². The Hall–Kier alpha value is -2.21. The zero-order chi connectivity index (χ0) is 16.6. The minimum absolute atomic E-state index is 0.0573. The van der Waals surface area contributed by atoms with Crippen LogP contribution in [0, 0.1) is 20.8 Å². The minimum Gasteiger partial charge on any atom is -0.377 e. The summed E-state index contributed by atoms with van der Waals surface area (Å²) in [6, 6.07) is 6.14. The van der Waals surface area contributed by atoms with E-state index < -0.39 is 0 Å². The molecule has 1 aromatic carbocycles. The summed E-state index contributed by atoms with van der Waals surface area (Å²) >= 11 is 0. The molecule has 1 amide bonds. The first-order valence-electron chi connectivity index (χ1n) is 7.87. The third-order valence-electron chi connectivity index (χ3n) is 4.18. The van der Waals surface area contributed by atoms with E-state index in [0.29, 0.717) is 31.1 Å². The molecule has 0 saturated carbocycles. The number of nitrogens with zero attached hydrogens (tertiary/aromatic N) is 4. The lowest BCUT2D eigenvalue weighted by atomic mass is 10.1. The van der Waals surface area contributed by atoms with Crippen molar-refractivity contribution < 1.29 is 9.53 Å². The van der Waals surface area contributed by atoms with Gasteiger partial charge in [-0.15, -0.1) is 5.10 Å². The second kappa shape index (κ2) is 6.12. The van der Waals surface area contributed by atoms with Gasteiger partial charge in [0, 0.05) is 6.54 Å². The van der Waals surface area contributed by atoms with E-state index in [9.17, 15) is 4.79 Å². The molecule has 1 saturated heterocycles. The Morgan fingerprint density at radius 3 is 2.74 bits per heavy atom. The number of ether oxygens (including phenoxy) is 1. The third-order valence-corrected chi connectivity index (χ3v) is 4.18. The molecule has 2 heterocycles. The SMILES string of the molecule is Cc1ccc(-n2nc(C)c(C(=O)N3CCOC[C@@H]3C)n2)c(C)c1.